The maximum Gasteiger partial charge on any atom is 0.240 e. The number of primary amides is 1. The molecular weight excluding hydrogens is 268 g/mol. The molecule has 0 spiro atoms. The number of hydrogen-bond donors (Lipinski definition) is 1. The lowest BCUT2D eigenvalue weighted by Crippen LogP contribution is -2.53. The highest BCUT2D eigenvalue weighted by molar-refractivity contribution is 5.88. The number of carbonyl (C=O) groups excluding carboxylic acids is 2. The van der Waals surface area contributed by atoms with Crippen LogP contribution in [0.2, 0.25) is 0 Å². The molecule has 1 fully saturated rings. The van der Waals surface area contributed by atoms with Crippen LogP contribution in [0.25, 0.3) is 0 Å². The molecule has 0 unspecified atom stereocenters. The van der Waals surface area contributed by atoms with E-state index in [0.29, 0.717) is 26.2 Å². The van der Waals surface area contributed by atoms with Crippen LogP contribution in [0.5, 0.6) is 0 Å². The van der Waals surface area contributed by atoms with Crippen molar-refractivity contribution in [2.75, 3.05) is 13.2 Å². The largest absolute Gasteiger partial charge is 0.381 e. The van der Waals surface area contributed by atoms with Gasteiger partial charge in [-0.2, -0.15) is 0 Å². The average molecular weight is 288 g/mol. The van der Waals surface area contributed by atoms with Gasteiger partial charge < -0.3 is 15.4 Å². The summed E-state index contributed by atoms with van der Waals surface area (Å²) in [6, 6.07) is 7.36. The molecule has 1 aromatic rings. The molecule has 0 aliphatic carbocycles. The third-order valence-electron chi connectivity index (χ3n) is 4.37. The van der Waals surface area contributed by atoms with Crippen molar-refractivity contribution in [2.24, 2.45) is 11.7 Å². The molecule has 5 heteroatoms. The Hall–Kier alpha value is -1.88. The zero-order chi connectivity index (χ0) is 14.8. The van der Waals surface area contributed by atoms with Gasteiger partial charge in [-0.05, 0) is 24.0 Å². The van der Waals surface area contributed by atoms with Crippen molar-refractivity contribution in [3.05, 3.63) is 35.4 Å². The van der Waals surface area contributed by atoms with Crippen LogP contribution in [-0.2, 0) is 27.3 Å². The highest BCUT2D eigenvalue weighted by atomic mass is 16.5. The molecule has 0 radical (unpaired) electrons. The molecule has 0 saturated carbocycles. The first-order valence-electron chi connectivity index (χ1n) is 7.41. The second-order valence-electron chi connectivity index (χ2n) is 5.77. The van der Waals surface area contributed by atoms with E-state index < -0.39 is 11.9 Å². The quantitative estimate of drug-likeness (QED) is 0.877. The summed E-state index contributed by atoms with van der Waals surface area (Å²) >= 11 is 0. The van der Waals surface area contributed by atoms with Gasteiger partial charge in [0.05, 0.1) is 12.5 Å². The number of ether oxygens (including phenoxy) is 1. The molecular formula is C16H20N2O3. The monoisotopic (exact) mass is 288 g/mol. The Balaban J connectivity index is 1.85. The first-order chi connectivity index (χ1) is 10.2. The van der Waals surface area contributed by atoms with Crippen molar-refractivity contribution >= 4 is 11.8 Å². The molecule has 2 aliphatic heterocycles. The topological polar surface area (TPSA) is 72.6 Å². The smallest absolute Gasteiger partial charge is 0.240 e. The number of fused-ring (bicyclic) bond motifs is 1. The second-order valence-corrected chi connectivity index (χ2v) is 5.77. The van der Waals surface area contributed by atoms with E-state index in [1.165, 1.54) is 0 Å². The number of amides is 2. The van der Waals surface area contributed by atoms with Crippen LogP contribution in [0.1, 0.15) is 24.0 Å². The predicted octanol–water partition coefficient (Wildman–Crippen LogP) is 0.852. The van der Waals surface area contributed by atoms with E-state index in [1.54, 1.807) is 4.90 Å². The third kappa shape index (κ3) is 2.78. The first-order valence-corrected chi connectivity index (χ1v) is 7.41. The summed E-state index contributed by atoms with van der Waals surface area (Å²) in [5, 5.41) is 0. The van der Waals surface area contributed by atoms with Crippen molar-refractivity contribution in [1.82, 2.24) is 4.90 Å². The molecule has 1 saturated heterocycles. The Labute approximate surface area is 124 Å². The summed E-state index contributed by atoms with van der Waals surface area (Å²) in [7, 11) is 0. The van der Waals surface area contributed by atoms with E-state index in [4.69, 9.17) is 10.5 Å². The van der Waals surface area contributed by atoms with E-state index >= 15 is 0 Å². The van der Waals surface area contributed by atoms with E-state index in [-0.39, 0.29) is 11.8 Å². The van der Waals surface area contributed by atoms with Crippen LogP contribution < -0.4 is 5.73 Å². The molecule has 2 aliphatic rings. The fourth-order valence-electron chi connectivity index (χ4n) is 3.18. The average Bonchev–Trinajstić information content (AvgIpc) is 2.53. The van der Waals surface area contributed by atoms with Crippen LogP contribution in [0.3, 0.4) is 0 Å². The Morgan fingerprint density at radius 3 is 2.67 bits per heavy atom. The number of hydrogen-bond acceptors (Lipinski definition) is 3. The Kier molecular flexibility index (Phi) is 3.92. The first kappa shape index (κ1) is 14.1. The molecule has 3 rings (SSSR count). The molecule has 2 atom stereocenters. The highest BCUT2D eigenvalue weighted by Crippen LogP contribution is 2.26. The zero-order valence-corrected chi connectivity index (χ0v) is 12.0. The van der Waals surface area contributed by atoms with Crippen LogP contribution >= 0.6 is 0 Å². The lowest BCUT2D eigenvalue weighted by atomic mass is 9.91. The minimum atomic E-state index is -0.547. The van der Waals surface area contributed by atoms with Crippen LogP contribution in [-0.4, -0.2) is 36.0 Å². The van der Waals surface area contributed by atoms with Gasteiger partial charge in [0.2, 0.25) is 11.8 Å². The SMILES string of the molecule is NC(=O)[C@@H]1Cc2ccccc2CN1C(=O)[C@@H]1CCCOC1. The normalized spacial score (nSPS) is 25.2. The second kappa shape index (κ2) is 5.85. The summed E-state index contributed by atoms with van der Waals surface area (Å²) in [6.45, 7) is 1.62. The van der Waals surface area contributed by atoms with Gasteiger partial charge >= 0.3 is 0 Å². The van der Waals surface area contributed by atoms with E-state index in [2.05, 4.69) is 0 Å². The highest BCUT2D eigenvalue weighted by Gasteiger charge is 2.36. The van der Waals surface area contributed by atoms with Crippen molar-refractivity contribution in [3.63, 3.8) is 0 Å². The lowest BCUT2D eigenvalue weighted by molar-refractivity contribution is -0.147. The van der Waals surface area contributed by atoms with Gasteiger partial charge in [-0.3, -0.25) is 9.59 Å². The number of nitrogens with two attached hydrogens (primary N) is 1. The number of benzene rings is 1. The summed E-state index contributed by atoms with van der Waals surface area (Å²) < 4.78 is 5.40. The van der Waals surface area contributed by atoms with E-state index in [9.17, 15) is 9.59 Å². The Morgan fingerprint density at radius 1 is 1.24 bits per heavy atom. The summed E-state index contributed by atoms with van der Waals surface area (Å²) in [4.78, 5) is 26.1. The maximum absolute atomic E-state index is 12.7. The van der Waals surface area contributed by atoms with Gasteiger partial charge in [-0.25, -0.2) is 0 Å². The lowest BCUT2D eigenvalue weighted by Gasteiger charge is -2.37. The summed E-state index contributed by atoms with van der Waals surface area (Å²) in [5.41, 5.74) is 7.72. The summed E-state index contributed by atoms with van der Waals surface area (Å²) in [5.74, 6) is -0.589. The zero-order valence-electron chi connectivity index (χ0n) is 12.0. The molecule has 21 heavy (non-hydrogen) atoms. The number of carbonyl (C=O) groups is 2. The van der Waals surface area contributed by atoms with Crippen LogP contribution in [0, 0.1) is 5.92 Å². The van der Waals surface area contributed by atoms with Gasteiger partial charge in [0.15, 0.2) is 0 Å². The van der Waals surface area contributed by atoms with Crippen molar-refractivity contribution in [1.29, 1.82) is 0 Å². The third-order valence-corrected chi connectivity index (χ3v) is 4.37. The Bertz CT molecular complexity index is 552. The van der Waals surface area contributed by atoms with E-state index in [1.807, 2.05) is 24.3 Å². The number of rotatable bonds is 2. The molecule has 2 heterocycles. The van der Waals surface area contributed by atoms with E-state index in [0.717, 1.165) is 24.0 Å². The molecule has 0 aromatic heterocycles. The van der Waals surface area contributed by atoms with Gasteiger partial charge in [-0.15, -0.1) is 0 Å². The molecule has 2 amide bonds. The van der Waals surface area contributed by atoms with Crippen LogP contribution in [0.4, 0.5) is 0 Å². The molecule has 0 bridgehead atoms. The fraction of sp³-hybridized carbons (Fsp3) is 0.500. The fourth-order valence-corrected chi connectivity index (χ4v) is 3.18. The molecule has 1 aromatic carbocycles. The minimum absolute atomic E-state index is 0.00648. The maximum atomic E-state index is 12.7. The van der Waals surface area contributed by atoms with Crippen molar-refractivity contribution in [3.8, 4) is 0 Å². The number of nitrogens with zero attached hydrogens (tertiary/aromatic N) is 1. The summed E-state index contributed by atoms with van der Waals surface area (Å²) in [6.07, 6.45) is 2.22. The minimum Gasteiger partial charge on any atom is -0.381 e. The van der Waals surface area contributed by atoms with Crippen LogP contribution in [0.15, 0.2) is 24.3 Å². The molecule has 5 nitrogen and oxygen atoms in total. The van der Waals surface area contributed by atoms with Gasteiger partial charge in [0.1, 0.15) is 6.04 Å². The Morgan fingerprint density at radius 2 is 2.00 bits per heavy atom. The standard InChI is InChI=1S/C16H20N2O3/c17-15(19)14-8-11-4-1-2-5-12(11)9-18(14)16(20)13-6-3-7-21-10-13/h1-2,4-5,13-14H,3,6-10H2,(H2,17,19)/t13-,14+/m1/s1. The predicted molar refractivity (Wildman–Crippen MR) is 77.2 cm³/mol. The molecule has 2 N–H and O–H groups in total. The van der Waals surface area contributed by atoms with Crippen molar-refractivity contribution in [2.45, 2.75) is 31.8 Å². The van der Waals surface area contributed by atoms with Gasteiger partial charge in [0, 0.05) is 19.6 Å². The van der Waals surface area contributed by atoms with Gasteiger partial charge in [-0.1, -0.05) is 24.3 Å². The van der Waals surface area contributed by atoms with Crippen molar-refractivity contribution < 1.29 is 14.3 Å². The molecule has 112 valence electrons. The van der Waals surface area contributed by atoms with Gasteiger partial charge in [0.25, 0.3) is 0 Å².